The van der Waals surface area contributed by atoms with Gasteiger partial charge in [0.25, 0.3) is 5.91 Å². The first-order valence-corrected chi connectivity index (χ1v) is 8.67. The normalized spacial score (nSPS) is 16.4. The van der Waals surface area contributed by atoms with E-state index in [9.17, 15) is 9.90 Å². The molecule has 0 bridgehead atoms. The lowest BCUT2D eigenvalue weighted by Gasteiger charge is -2.27. The number of methoxy groups -OCH3 is 1. The van der Waals surface area contributed by atoms with E-state index in [1.54, 1.807) is 25.3 Å². The monoisotopic (exact) mass is 355 g/mol. The van der Waals surface area contributed by atoms with E-state index in [4.69, 9.17) is 4.74 Å². The van der Waals surface area contributed by atoms with Crippen molar-refractivity contribution in [2.24, 2.45) is 0 Å². The van der Waals surface area contributed by atoms with Crippen LogP contribution in [-0.4, -0.2) is 23.1 Å². The van der Waals surface area contributed by atoms with Gasteiger partial charge in [-0.1, -0.05) is 18.2 Å². The van der Waals surface area contributed by atoms with Crippen molar-refractivity contribution in [3.8, 4) is 5.75 Å². The van der Waals surface area contributed by atoms with Crippen LogP contribution in [0.3, 0.4) is 0 Å². The van der Waals surface area contributed by atoms with Gasteiger partial charge in [-0.2, -0.15) is 0 Å². The number of carbonyl (C=O) groups excluding carboxylic acids is 1. The molecule has 0 radical (unpaired) electrons. The number of amides is 1. The minimum Gasteiger partial charge on any atom is -0.508 e. The van der Waals surface area contributed by atoms with Crippen LogP contribution in [0.15, 0.2) is 30.3 Å². The van der Waals surface area contributed by atoms with Gasteiger partial charge in [0.05, 0.1) is 12.3 Å². The van der Waals surface area contributed by atoms with E-state index < -0.39 is 6.17 Å². The predicted molar refractivity (Wildman–Crippen MR) is 97.0 cm³/mol. The van der Waals surface area contributed by atoms with E-state index in [1.165, 1.54) is 11.3 Å². The number of ether oxygens (including phenoxy) is 1. The molecular formula is C18H17N3O3S. The maximum atomic E-state index is 12.6. The summed E-state index contributed by atoms with van der Waals surface area (Å²) in [6.07, 6.45) is -0.504. The van der Waals surface area contributed by atoms with Crippen molar-refractivity contribution in [2.45, 2.75) is 19.7 Å². The molecule has 2 aromatic heterocycles. The first kappa shape index (κ1) is 15.9. The standard InChI is InChI=1S/C18H17N3O3S/c1-9-7-10(8-24-2)13-14-15(25-18(13)19-9)17(23)21-16(20-14)11-5-3-4-6-12(11)22/h3-7,16,20,22H,8H2,1-2H3,(H,21,23). The van der Waals surface area contributed by atoms with E-state index in [0.29, 0.717) is 17.0 Å². The maximum absolute atomic E-state index is 12.6. The van der Waals surface area contributed by atoms with Crippen molar-refractivity contribution in [1.29, 1.82) is 0 Å². The van der Waals surface area contributed by atoms with E-state index >= 15 is 0 Å². The number of hydrogen-bond acceptors (Lipinski definition) is 6. The summed E-state index contributed by atoms with van der Waals surface area (Å²) in [7, 11) is 1.64. The lowest BCUT2D eigenvalue weighted by Crippen LogP contribution is -2.37. The Bertz CT molecular complexity index is 983. The van der Waals surface area contributed by atoms with Gasteiger partial charge in [0, 0.05) is 23.8 Å². The molecule has 6 nitrogen and oxygen atoms in total. The predicted octanol–water partition coefficient (Wildman–Crippen LogP) is 3.31. The molecule has 0 fully saturated rings. The molecule has 0 aliphatic carbocycles. The lowest BCUT2D eigenvalue weighted by atomic mass is 10.1. The number of thiophene rings is 1. The topological polar surface area (TPSA) is 83.5 Å². The number of para-hydroxylation sites is 1. The third-order valence-electron chi connectivity index (χ3n) is 4.19. The van der Waals surface area contributed by atoms with Crippen molar-refractivity contribution < 1.29 is 14.6 Å². The Morgan fingerprint density at radius 1 is 1.32 bits per heavy atom. The summed E-state index contributed by atoms with van der Waals surface area (Å²) in [6, 6.07) is 8.93. The molecule has 0 saturated carbocycles. The molecule has 1 aliphatic heterocycles. The smallest absolute Gasteiger partial charge is 0.265 e. The first-order chi connectivity index (χ1) is 12.1. The fourth-order valence-electron chi connectivity index (χ4n) is 3.14. The van der Waals surface area contributed by atoms with Crippen LogP contribution in [0.4, 0.5) is 5.69 Å². The summed E-state index contributed by atoms with van der Waals surface area (Å²) in [5.41, 5.74) is 3.24. The highest BCUT2D eigenvalue weighted by molar-refractivity contribution is 7.21. The number of phenolic OH excluding ortho intramolecular Hbond substituents is 1. The van der Waals surface area contributed by atoms with Gasteiger partial charge < -0.3 is 20.5 Å². The third kappa shape index (κ3) is 2.61. The Hall–Kier alpha value is -2.64. The average molecular weight is 355 g/mol. The zero-order valence-corrected chi connectivity index (χ0v) is 14.6. The maximum Gasteiger partial charge on any atom is 0.265 e. The second kappa shape index (κ2) is 6.02. The zero-order chi connectivity index (χ0) is 17.6. The minimum absolute atomic E-state index is 0.134. The number of phenols is 1. The first-order valence-electron chi connectivity index (χ1n) is 7.85. The van der Waals surface area contributed by atoms with Gasteiger partial charge in [0.15, 0.2) is 0 Å². The number of hydrogen-bond donors (Lipinski definition) is 3. The number of benzene rings is 1. The number of aromatic nitrogens is 1. The number of anilines is 1. The van der Waals surface area contributed by atoms with E-state index in [-0.39, 0.29) is 11.7 Å². The molecule has 1 atom stereocenters. The van der Waals surface area contributed by atoms with Crippen molar-refractivity contribution >= 4 is 33.1 Å². The molecule has 3 N–H and O–H groups in total. The Kier molecular flexibility index (Phi) is 3.82. The molecule has 1 aromatic carbocycles. The van der Waals surface area contributed by atoms with Gasteiger partial charge in [-0.15, -0.1) is 11.3 Å². The summed E-state index contributed by atoms with van der Waals surface area (Å²) < 4.78 is 5.32. The van der Waals surface area contributed by atoms with E-state index in [0.717, 1.165) is 27.2 Å². The molecule has 0 spiro atoms. The van der Waals surface area contributed by atoms with Crippen LogP contribution in [-0.2, 0) is 11.3 Å². The van der Waals surface area contributed by atoms with Gasteiger partial charge in [0.2, 0.25) is 0 Å². The highest BCUT2D eigenvalue weighted by Gasteiger charge is 2.31. The zero-order valence-electron chi connectivity index (χ0n) is 13.8. The van der Waals surface area contributed by atoms with Crippen molar-refractivity contribution in [1.82, 2.24) is 10.3 Å². The van der Waals surface area contributed by atoms with Gasteiger partial charge in [-0.3, -0.25) is 4.79 Å². The number of pyridine rings is 1. The summed E-state index contributed by atoms with van der Waals surface area (Å²) in [6.45, 7) is 2.36. The molecule has 128 valence electrons. The number of aromatic hydroxyl groups is 1. The van der Waals surface area contributed by atoms with Crippen LogP contribution >= 0.6 is 11.3 Å². The number of nitrogens with zero attached hydrogens (tertiary/aromatic N) is 1. The SMILES string of the molecule is COCc1cc(C)nc2sc3c(c12)NC(c1ccccc1O)NC3=O. The summed E-state index contributed by atoms with van der Waals surface area (Å²) in [4.78, 5) is 18.6. The van der Waals surface area contributed by atoms with Gasteiger partial charge in [-0.05, 0) is 24.6 Å². The number of rotatable bonds is 3. The van der Waals surface area contributed by atoms with Crippen LogP contribution in [0.5, 0.6) is 5.75 Å². The molecule has 0 saturated heterocycles. The molecule has 7 heteroatoms. The Labute approximate surface area is 148 Å². The molecule has 4 rings (SSSR count). The molecular weight excluding hydrogens is 338 g/mol. The Morgan fingerprint density at radius 3 is 2.88 bits per heavy atom. The van der Waals surface area contributed by atoms with Gasteiger partial charge in [-0.25, -0.2) is 4.98 Å². The lowest BCUT2D eigenvalue weighted by molar-refractivity contribution is 0.0940. The van der Waals surface area contributed by atoms with E-state index in [2.05, 4.69) is 15.6 Å². The summed E-state index contributed by atoms with van der Waals surface area (Å²) in [5, 5.41) is 17.3. The van der Waals surface area contributed by atoms with Crippen molar-refractivity contribution in [3.05, 3.63) is 52.0 Å². The third-order valence-corrected chi connectivity index (χ3v) is 5.27. The second-order valence-electron chi connectivity index (χ2n) is 5.95. The summed E-state index contributed by atoms with van der Waals surface area (Å²) >= 11 is 1.36. The van der Waals surface area contributed by atoms with Crippen molar-refractivity contribution in [2.75, 3.05) is 12.4 Å². The van der Waals surface area contributed by atoms with Crippen LogP contribution in [0.1, 0.15) is 32.7 Å². The fourth-order valence-corrected chi connectivity index (χ4v) is 4.28. The molecule has 3 heterocycles. The Morgan fingerprint density at radius 2 is 2.12 bits per heavy atom. The average Bonchev–Trinajstić information content (AvgIpc) is 2.94. The van der Waals surface area contributed by atoms with Crippen molar-refractivity contribution in [3.63, 3.8) is 0 Å². The minimum atomic E-state index is -0.504. The van der Waals surface area contributed by atoms with Crippen LogP contribution < -0.4 is 10.6 Å². The Balaban J connectivity index is 1.87. The highest BCUT2D eigenvalue weighted by Crippen LogP contribution is 2.42. The highest BCUT2D eigenvalue weighted by atomic mass is 32.1. The molecule has 25 heavy (non-hydrogen) atoms. The van der Waals surface area contributed by atoms with Crippen LogP contribution in [0, 0.1) is 6.92 Å². The van der Waals surface area contributed by atoms with E-state index in [1.807, 2.05) is 19.1 Å². The summed E-state index contributed by atoms with van der Waals surface area (Å²) in [5.74, 6) is -0.0413. The largest absolute Gasteiger partial charge is 0.508 e. The second-order valence-corrected chi connectivity index (χ2v) is 6.95. The van der Waals surface area contributed by atoms with Crippen LogP contribution in [0.25, 0.3) is 10.2 Å². The van der Waals surface area contributed by atoms with Gasteiger partial charge in [0.1, 0.15) is 21.6 Å². The molecule has 1 amide bonds. The van der Waals surface area contributed by atoms with Gasteiger partial charge >= 0.3 is 0 Å². The number of fused-ring (bicyclic) bond motifs is 3. The number of aryl methyl sites for hydroxylation is 1. The number of carbonyl (C=O) groups is 1. The number of nitrogens with one attached hydrogen (secondary N) is 2. The van der Waals surface area contributed by atoms with Crippen LogP contribution in [0.2, 0.25) is 0 Å². The molecule has 3 aromatic rings. The molecule has 1 aliphatic rings. The molecule has 1 unspecified atom stereocenters. The fraction of sp³-hybridized carbons (Fsp3) is 0.222. The quantitative estimate of drug-likeness (QED) is 0.671.